The van der Waals surface area contributed by atoms with Crippen LogP contribution in [0.15, 0.2) is 0 Å². The average Bonchev–Trinajstić information content (AvgIpc) is 2.40. The Morgan fingerprint density at radius 2 is 1.94 bits per heavy atom. The van der Waals surface area contributed by atoms with Crippen LogP contribution >= 0.6 is 0 Å². The van der Waals surface area contributed by atoms with E-state index in [1.165, 1.54) is 6.42 Å². The van der Waals surface area contributed by atoms with Gasteiger partial charge in [-0.1, -0.05) is 20.8 Å². The molecule has 0 bridgehead atoms. The number of carbonyl (C=O) groups is 1. The number of likely N-dealkylation sites (tertiary alicyclic amines) is 1. The molecule has 1 heterocycles. The highest BCUT2D eigenvalue weighted by Gasteiger charge is 2.28. The molecule has 0 aromatic heterocycles. The van der Waals surface area contributed by atoms with E-state index in [1.54, 1.807) is 6.92 Å². The Morgan fingerprint density at radius 3 is 2.44 bits per heavy atom. The smallest absolute Gasteiger partial charge is 0.239 e. The van der Waals surface area contributed by atoms with Crippen LogP contribution in [0.5, 0.6) is 0 Å². The summed E-state index contributed by atoms with van der Waals surface area (Å²) >= 11 is 0. The Hall–Kier alpha value is -0.570. The SMILES string of the molecule is C[C@@H](N)C(=O)N1CCCC(C(C)(C)C)CC1. The first-order chi connectivity index (χ1) is 7.32. The molecule has 1 amide bonds. The van der Waals surface area contributed by atoms with Gasteiger partial charge in [0.25, 0.3) is 0 Å². The molecule has 0 radical (unpaired) electrons. The summed E-state index contributed by atoms with van der Waals surface area (Å²) in [5.41, 5.74) is 6.00. The van der Waals surface area contributed by atoms with Crippen molar-refractivity contribution in [2.45, 2.75) is 53.0 Å². The lowest BCUT2D eigenvalue weighted by molar-refractivity contribution is -0.132. The van der Waals surface area contributed by atoms with E-state index in [4.69, 9.17) is 5.73 Å². The van der Waals surface area contributed by atoms with Crippen molar-refractivity contribution in [3.63, 3.8) is 0 Å². The molecule has 1 aliphatic heterocycles. The summed E-state index contributed by atoms with van der Waals surface area (Å²) in [6, 6.07) is -0.355. The van der Waals surface area contributed by atoms with Crippen LogP contribution in [-0.4, -0.2) is 29.9 Å². The second-order valence-electron chi connectivity index (χ2n) is 6.11. The maximum absolute atomic E-state index is 11.8. The highest BCUT2D eigenvalue weighted by atomic mass is 16.2. The van der Waals surface area contributed by atoms with Gasteiger partial charge in [-0.05, 0) is 37.5 Å². The minimum Gasteiger partial charge on any atom is -0.341 e. The zero-order chi connectivity index (χ0) is 12.3. The Morgan fingerprint density at radius 1 is 1.31 bits per heavy atom. The Labute approximate surface area is 99.4 Å². The molecule has 2 N–H and O–H groups in total. The van der Waals surface area contributed by atoms with E-state index in [-0.39, 0.29) is 11.9 Å². The second-order valence-corrected chi connectivity index (χ2v) is 6.11. The van der Waals surface area contributed by atoms with Gasteiger partial charge in [-0.2, -0.15) is 0 Å². The normalized spacial score (nSPS) is 25.1. The monoisotopic (exact) mass is 226 g/mol. The molecule has 1 aliphatic rings. The largest absolute Gasteiger partial charge is 0.341 e. The summed E-state index contributed by atoms with van der Waals surface area (Å²) in [6.45, 7) is 10.4. The van der Waals surface area contributed by atoms with Crippen LogP contribution in [0, 0.1) is 11.3 Å². The summed E-state index contributed by atoms with van der Waals surface area (Å²) in [5.74, 6) is 0.827. The predicted octanol–water partition coefficient (Wildman–Crippen LogP) is 2.01. The van der Waals surface area contributed by atoms with E-state index >= 15 is 0 Å². The number of hydrogen-bond acceptors (Lipinski definition) is 2. The third-order valence-corrected chi connectivity index (χ3v) is 3.65. The summed E-state index contributed by atoms with van der Waals surface area (Å²) in [5, 5.41) is 0. The van der Waals surface area contributed by atoms with E-state index in [0.717, 1.165) is 31.8 Å². The predicted molar refractivity (Wildman–Crippen MR) is 67.0 cm³/mol. The summed E-state index contributed by atoms with van der Waals surface area (Å²) in [6.07, 6.45) is 3.45. The lowest BCUT2D eigenvalue weighted by Gasteiger charge is -2.30. The van der Waals surface area contributed by atoms with Gasteiger partial charge in [0, 0.05) is 13.1 Å². The molecule has 2 atom stereocenters. The van der Waals surface area contributed by atoms with E-state index < -0.39 is 0 Å². The topological polar surface area (TPSA) is 46.3 Å². The number of nitrogens with zero attached hydrogens (tertiary/aromatic N) is 1. The lowest BCUT2D eigenvalue weighted by Crippen LogP contribution is -2.42. The highest BCUT2D eigenvalue weighted by molar-refractivity contribution is 5.81. The third kappa shape index (κ3) is 3.48. The fourth-order valence-corrected chi connectivity index (χ4v) is 2.47. The molecule has 0 saturated carbocycles. The molecule has 3 nitrogen and oxygen atoms in total. The minimum absolute atomic E-state index is 0.106. The zero-order valence-corrected chi connectivity index (χ0v) is 11.1. The van der Waals surface area contributed by atoms with Gasteiger partial charge < -0.3 is 10.6 Å². The molecular formula is C13H26N2O. The van der Waals surface area contributed by atoms with Gasteiger partial charge in [-0.25, -0.2) is 0 Å². The van der Waals surface area contributed by atoms with Gasteiger partial charge in [0.15, 0.2) is 0 Å². The summed E-state index contributed by atoms with van der Waals surface area (Å²) in [4.78, 5) is 13.7. The fraction of sp³-hybridized carbons (Fsp3) is 0.923. The van der Waals surface area contributed by atoms with Crippen LogP contribution in [0.1, 0.15) is 47.0 Å². The summed E-state index contributed by atoms with van der Waals surface area (Å²) < 4.78 is 0. The van der Waals surface area contributed by atoms with Crippen LogP contribution in [0.25, 0.3) is 0 Å². The van der Waals surface area contributed by atoms with Crippen molar-refractivity contribution in [1.82, 2.24) is 4.90 Å². The quantitative estimate of drug-likeness (QED) is 0.743. The molecule has 1 unspecified atom stereocenters. The van der Waals surface area contributed by atoms with Crippen molar-refractivity contribution < 1.29 is 4.79 Å². The zero-order valence-electron chi connectivity index (χ0n) is 11.1. The average molecular weight is 226 g/mol. The second kappa shape index (κ2) is 5.17. The molecule has 1 rings (SSSR count). The Kier molecular flexibility index (Phi) is 4.36. The fourth-order valence-electron chi connectivity index (χ4n) is 2.47. The molecule has 16 heavy (non-hydrogen) atoms. The molecule has 0 aromatic carbocycles. The van der Waals surface area contributed by atoms with Crippen molar-refractivity contribution >= 4 is 5.91 Å². The number of nitrogens with two attached hydrogens (primary N) is 1. The van der Waals surface area contributed by atoms with E-state index in [9.17, 15) is 4.79 Å². The standard InChI is InChI=1S/C13H26N2O/c1-10(14)12(16)15-8-5-6-11(7-9-15)13(2,3)4/h10-11H,5-9,14H2,1-4H3/t10-,11?/m1/s1. The van der Waals surface area contributed by atoms with Crippen LogP contribution in [0.2, 0.25) is 0 Å². The van der Waals surface area contributed by atoms with Crippen LogP contribution in [0.3, 0.4) is 0 Å². The first kappa shape index (κ1) is 13.5. The first-order valence-electron chi connectivity index (χ1n) is 6.36. The van der Waals surface area contributed by atoms with Crippen LogP contribution in [-0.2, 0) is 4.79 Å². The molecule has 0 aromatic rings. The van der Waals surface area contributed by atoms with E-state index in [2.05, 4.69) is 20.8 Å². The molecule has 0 aliphatic carbocycles. The van der Waals surface area contributed by atoms with Gasteiger partial charge in [0.05, 0.1) is 6.04 Å². The van der Waals surface area contributed by atoms with Crippen molar-refractivity contribution in [3.05, 3.63) is 0 Å². The minimum atomic E-state index is -0.355. The van der Waals surface area contributed by atoms with Gasteiger partial charge >= 0.3 is 0 Å². The van der Waals surface area contributed by atoms with Crippen molar-refractivity contribution in [2.75, 3.05) is 13.1 Å². The lowest BCUT2D eigenvalue weighted by atomic mass is 9.77. The van der Waals surface area contributed by atoms with Crippen molar-refractivity contribution in [2.24, 2.45) is 17.1 Å². The maximum atomic E-state index is 11.8. The molecule has 3 heteroatoms. The molecule has 94 valence electrons. The first-order valence-corrected chi connectivity index (χ1v) is 6.36. The highest BCUT2D eigenvalue weighted by Crippen LogP contribution is 2.34. The van der Waals surface area contributed by atoms with Gasteiger partial charge in [0.1, 0.15) is 0 Å². The number of carbonyl (C=O) groups excluding carboxylic acids is 1. The van der Waals surface area contributed by atoms with Gasteiger partial charge in [-0.15, -0.1) is 0 Å². The molecule has 1 saturated heterocycles. The Bertz CT molecular complexity index is 243. The molecule has 1 fully saturated rings. The third-order valence-electron chi connectivity index (χ3n) is 3.65. The van der Waals surface area contributed by atoms with Crippen LogP contribution in [0.4, 0.5) is 0 Å². The van der Waals surface area contributed by atoms with E-state index in [1.807, 2.05) is 4.90 Å². The van der Waals surface area contributed by atoms with Crippen molar-refractivity contribution in [1.29, 1.82) is 0 Å². The van der Waals surface area contributed by atoms with Gasteiger partial charge in [-0.3, -0.25) is 4.79 Å². The number of rotatable bonds is 1. The molecular weight excluding hydrogens is 200 g/mol. The summed E-state index contributed by atoms with van der Waals surface area (Å²) in [7, 11) is 0. The number of amides is 1. The maximum Gasteiger partial charge on any atom is 0.239 e. The Balaban J connectivity index is 2.56. The van der Waals surface area contributed by atoms with Gasteiger partial charge in [0.2, 0.25) is 5.91 Å². The number of hydrogen-bond donors (Lipinski definition) is 1. The van der Waals surface area contributed by atoms with E-state index in [0.29, 0.717) is 5.41 Å². The van der Waals surface area contributed by atoms with Crippen LogP contribution < -0.4 is 5.73 Å². The molecule has 0 spiro atoms. The van der Waals surface area contributed by atoms with Crippen molar-refractivity contribution in [3.8, 4) is 0 Å².